The van der Waals surface area contributed by atoms with E-state index in [2.05, 4.69) is 34.6 Å². The van der Waals surface area contributed by atoms with Crippen LogP contribution in [0.4, 0.5) is 0 Å². The van der Waals surface area contributed by atoms with E-state index in [4.69, 9.17) is 4.98 Å². The lowest BCUT2D eigenvalue weighted by molar-refractivity contribution is 0.0953. The molecule has 1 aromatic carbocycles. The molecule has 0 fully saturated rings. The molecule has 0 spiro atoms. The summed E-state index contributed by atoms with van der Waals surface area (Å²) in [7, 11) is 0. The van der Waals surface area contributed by atoms with E-state index in [0.29, 0.717) is 24.2 Å². The van der Waals surface area contributed by atoms with Crippen molar-refractivity contribution in [1.29, 1.82) is 0 Å². The van der Waals surface area contributed by atoms with Gasteiger partial charge in [0.05, 0.1) is 28.2 Å². The second-order valence-electron chi connectivity index (χ2n) is 5.41. The van der Waals surface area contributed by atoms with Gasteiger partial charge in [0.2, 0.25) is 0 Å². The number of carbonyl (C=O) groups excluding carboxylic acids is 1. The molecule has 2 aromatic heterocycles. The number of thiazole rings is 1. The van der Waals surface area contributed by atoms with E-state index in [-0.39, 0.29) is 5.91 Å². The maximum absolute atomic E-state index is 12.2. The Kier molecular flexibility index (Phi) is 4.96. The van der Waals surface area contributed by atoms with Gasteiger partial charge in [-0.05, 0) is 19.9 Å². The van der Waals surface area contributed by atoms with Crippen LogP contribution in [-0.4, -0.2) is 27.6 Å². The topological polar surface area (TPSA) is 67.8 Å². The van der Waals surface area contributed by atoms with Gasteiger partial charge in [0, 0.05) is 23.4 Å². The first-order valence-electron chi connectivity index (χ1n) is 7.73. The Morgan fingerprint density at radius 1 is 1.17 bits per heavy atom. The van der Waals surface area contributed by atoms with Gasteiger partial charge in [0.15, 0.2) is 0 Å². The zero-order valence-electron chi connectivity index (χ0n) is 13.6. The molecule has 1 N–H and O–H groups in total. The molecule has 0 aliphatic carbocycles. The van der Waals surface area contributed by atoms with Crippen LogP contribution in [0, 0.1) is 13.8 Å². The van der Waals surface area contributed by atoms with Gasteiger partial charge in [-0.1, -0.05) is 30.3 Å². The molecular formula is C18H18N4OS. The van der Waals surface area contributed by atoms with E-state index in [1.807, 2.05) is 18.2 Å². The highest BCUT2D eigenvalue weighted by Gasteiger charge is 2.12. The second kappa shape index (κ2) is 7.31. The van der Waals surface area contributed by atoms with Gasteiger partial charge in [-0.2, -0.15) is 10.2 Å². The van der Waals surface area contributed by atoms with Crippen LogP contribution in [-0.2, 0) is 6.42 Å². The van der Waals surface area contributed by atoms with E-state index in [1.54, 1.807) is 24.3 Å². The van der Waals surface area contributed by atoms with Crippen molar-refractivity contribution in [3.63, 3.8) is 0 Å². The molecular weight excluding hydrogens is 320 g/mol. The van der Waals surface area contributed by atoms with Crippen LogP contribution in [0.15, 0.2) is 42.6 Å². The SMILES string of the molecule is Cc1nnccc1C(=O)NCCc1nc(-c2ccccc2)c(C)s1. The van der Waals surface area contributed by atoms with Crippen molar-refractivity contribution in [1.82, 2.24) is 20.5 Å². The Morgan fingerprint density at radius 3 is 2.71 bits per heavy atom. The highest BCUT2D eigenvalue weighted by molar-refractivity contribution is 7.12. The van der Waals surface area contributed by atoms with Crippen molar-refractivity contribution < 1.29 is 4.79 Å². The van der Waals surface area contributed by atoms with Crippen molar-refractivity contribution in [2.75, 3.05) is 6.54 Å². The molecule has 0 aliphatic heterocycles. The smallest absolute Gasteiger partial charge is 0.253 e. The minimum Gasteiger partial charge on any atom is -0.352 e. The first-order valence-corrected chi connectivity index (χ1v) is 8.55. The van der Waals surface area contributed by atoms with Crippen LogP contribution in [0.1, 0.15) is 25.9 Å². The lowest BCUT2D eigenvalue weighted by atomic mass is 10.1. The number of hydrogen-bond acceptors (Lipinski definition) is 5. The lowest BCUT2D eigenvalue weighted by Gasteiger charge is -2.05. The Morgan fingerprint density at radius 2 is 1.96 bits per heavy atom. The number of nitrogens with zero attached hydrogens (tertiary/aromatic N) is 3. The van der Waals surface area contributed by atoms with Crippen molar-refractivity contribution >= 4 is 17.2 Å². The minimum absolute atomic E-state index is 0.126. The van der Waals surface area contributed by atoms with Gasteiger partial charge in [0.1, 0.15) is 0 Å². The molecule has 0 aliphatic rings. The van der Waals surface area contributed by atoms with Crippen molar-refractivity contribution in [3.05, 3.63) is 63.7 Å². The number of benzene rings is 1. The van der Waals surface area contributed by atoms with Crippen LogP contribution in [0.2, 0.25) is 0 Å². The van der Waals surface area contributed by atoms with Crippen molar-refractivity contribution in [2.45, 2.75) is 20.3 Å². The number of rotatable bonds is 5. The standard InChI is InChI=1S/C18H18N4OS/c1-12-15(8-11-20-22-12)18(23)19-10-9-16-21-17(13(2)24-16)14-6-4-3-5-7-14/h3-8,11H,9-10H2,1-2H3,(H,19,23). The van der Waals surface area contributed by atoms with Crippen LogP contribution in [0.5, 0.6) is 0 Å². The molecule has 1 amide bonds. The molecule has 0 radical (unpaired) electrons. The molecule has 122 valence electrons. The Hall–Kier alpha value is -2.60. The second-order valence-corrected chi connectivity index (χ2v) is 6.70. The third-order valence-electron chi connectivity index (χ3n) is 3.66. The molecule has 3 aromatic rings. The highest BCUT2D eigenvalue weighted by Crippen LogP contribution is 2.27. The molecule has 24 heavy (non-hydrogen) atoms. The van der Waals surface area contributed by atoms with Crippen molar-refractivity contribution in [3.8, 4) is 11.3 Å². The number of aryl methyl sites for hydroxylation is 2. The summed E-state index contributed by atoms with van der Waals surface area (Å²) in [6.07, 6.45) is 2.24. The first kappa shape index (κ1) is 16.3. The van der Waals surface area contributed by atoms with E-state index < -0.39 is 0 Å². The number of nitrogens with one attached hydrogen (secondary N) is 1. The number of carbonyl (C=O) groups is 1. The molecule has 3 rings (SSSR count). The van der Waals surface area contributed by atoms with E-state index in [9.17, 15) is 4.79 Å². The van der Waals surface area contributed by atoms with Crippen LogP contribution >= 0.6 is 11.3 Å². The maximum atomic E-state index is 12.2. The van der Waals surface area contributed by atoms with Gasteiger partial charge >= 0.3 is 0 Å². The average Bonchev–Trinajstić information content (AvgIpc) is 2.96. The number of hydrogen-bond donors (Lipinski definition) is 1. The third kappa shape index (κ3) is 3.65. The number of amides is 1. The normalized spacial score (nSPS) is 10.6. The summed E-state index contributed by atoms with van der Waals surface area (Å²) >= 11 is 1.68. The fourth-order valence-electron chi connectivity index (χ4n) is 2.44. The summed E-state index contributed by atoms with van der Waals surface area (Å²) in [5, 5.41) is 11.6. The molecule has 0 bridgehead atoms. The van der Waals surface area contributed by atoms with Crippen molar-refractivity contribution in [2.24, 2.45) is 0 Å². The Labute approximate surface area is 144 Å². The average molecular weight is 338 g/mol. The lowest BCUT2D eigenvalue weighted by Crippen LogP contribution is -2.26. The third-order valence-corrected chi connectivity index (χ3v) is 4.69. The summed E-state index contributed by atoms with van der Waals surface area (Å²) in [6.45, 7) is 4.40. The van der Waals surface area contributed by atoms with Crippen LogP contribution in [0.3, 0.4) is 0 Å². The van der Waals surface area contributed by atoms with Crippen LogP contribution in [0.25, 0.3) is 11.3 Å². The van der Waals surface area contributed by atoms with E-state index in [0.717, 1.165) is 16.3 Å². The Balaban J connectivity index is 1.62. The fraction of sp³-hybridized carbons (Fsp3) is 0.222. The summed E-state index contributed by atoms with van der Waals surface area (Å²) in [5.41, 5.74) is 3.34. The quantitative estimate of drug-likeness (QED) is 0.776. The molecule has 0 unspecified atom stereocenters. The summed E-state index contributed by atoms with van der Waals surface area (Å²) in [5.74, 6) is -0.126. The zero-order chi connectivity index (χ0) is 16.9. The molecule has 5 nitrogen and oxygen atoms in total. The minimum atomic E-state index is -0.126. The maximum Gasteiger partial charge on any atom is 0.253 e. The fourth-order valence-corrected chi connectivity index (χ4v) is 3.40. The van der Waals surface area contributed by atoms with Gasteiger partial charge in [-0.3, -0.25) is 4.79 Å². The number of aromatic nitrogens is 3. The Bertz CT molecular complexity index is 845. The van der Waals surface area contributed by atoms with Gasteiger partial charge in [-0.25, -0.2) is 4.98 Å². The molecule has 0 saturated carbocycles. The molecule has 6 heteroatoms. The molecule has 0 atom stereocenters. The van der Waals surface area contributed by atoms with Gasteiger partial charge < -0.3 is 5.32 Å². The monoisotopic (exact) mass is 338 g/mol. The van der Waals surface area contributed by atoms with E-state index >= 15 is 0 Å². The van der Waals surface area contributed by atoms with Gasteiger partial charge in [0.25, 0.3) is 5.91 Å². The largest absolute Gasteiger partial charge is 0.352 e. The molecule has 0 saturated heterocycles. The summed E-state index contributed by atoms with van der Waals surface area (Å²) in [4.78, 5) is 18.1. The summed E-state index contributed by atoms with van der Waals surface area (Å²) < 4.78 is 0. The van der Waals surface area contributed by atoms with Gasteiger partial charge in [-0.15, -0.1) is 11.3 Å². The first-order chi connectivity index (χ1) is 11.6. The van der Waals surface area contributed by atoms with Crippen LogP contribution < -0.4 is 5.32 Å². The van der Waals surface area contributed by atoms with E-state index in [1.165, 1.54) is 11.1 Å². The highest BCUT2D eigenvalue weighted by atomic mass is 32.1. The predicted octanol–water partition coefficient (Wildman–Crippen LogP) is 3.19. The summed E-state index contributed by atoms with van der Waals surface area (Å²) in [6, 6.07) is 11.8. The molecule has 2 heterocycles. The zero-order valence-corrected chi connectivity index (χ0v) is 14.4. The predicted molar refractivity (Wildman–Crippen MR) is 95.1 cm³/mol.